The number of pyridine rings is 1. The molecule has 30 heavy (non-hydrogen) atoms. The Balaban J connectivity index is 1.20. The number of carbonyl (C=O) groups is 1. The molecule has 2 fully saturated rings. The van der Waals surface area contributed by atoms with Crippen molar-refractivity contribution in [2.24, 2.45) is 5.92 Å². The van der Waals surface area contributed by atoms with E-state index in [1.807, 2.05) is 42.3 Å². The summed E-state index contributed by atoms with van der Waals surface area (Å²) >= 11 is 6.50. The Bertz CT molecular complexity index is 849. The van der Waals surface area contributed by atoms with Crippen LogP contribution < -0.4 is 4.74 Å². The normalized spacial score (nSPS) is 21.3. The number of hydrogen-bond acceptors (Lipinski definition) is 4. The fourth-order valence-electron chi connectivity index (χ4n) is 4.31. The first kappa shape index (κ1) is 21.1. The van der Waals surface area contributed by atoms with Crippen molar-refractivity contribution < 1.29 is 9.53 Å². The highest BCUT2D eigenvalue weighted by Gasteiger charge is 2.32. The molecule has 160 valence electrons. The van der Waals surface area contributed by atoms with E-state index in [2.05, 4.69) is 16.0 Å². The zero-order chi connectivity index (χ0) is 20.9. The summed E-state index contributed by atoms with van der Waals surface area (Å²) in [7, 11) is 1.87. The minimum absolute atomic E-state index is 0.110. The number of nitrogens with zero attached hydrogens (tertiary/aromatic N) is 3. The summed E-state index contributed by atoms with van der Waals surface area (Å²) in [4.78, 5) is 20.9. The van der Waals surface area contributed by atoms with E-state index in [4.69, 9.17) is 16.3 Å². The molecular formula is C24H30ClN3O2. The minimum atomic E-state index is 0.110. The number of amides is 1. The van der Waals surface area contributed by atoms with Gasteiger partial charge in [0.05, 0.1) is 12.5 Å². The van der Waals surface area contributed by atoms with Crippen molar-refractivity contribution in [2.45, 2.75) is 44.8 Å². The molecule has 1 aliphatic carbocycles. The maximum atomic E-state index is 12.4. The Hall–Kier alpha value is -2.11. The Morgan fingerprint density at radius 3 is 2.73 bits per heavy atom. The molecule has 0 atom stereocenters. The summed E-state index contributed by atoms with van der Waals surface area (Å²) in [5.41, 5.74) is 1.99. The van der Waals surface area contributed by atoms with Gasteiger partial charge in [0.2, 0.25) is 5.91 Å². The second kappa shape index (κ2) is 9.80. The number of aromatic nitrogens is 1. The van der Waals surface area contributed by atoms with Crippen molar-refractivity contribution in [3.05, 3.63) is 58.9 Å². The topological polar surface area (TPSA) is 45.7 Å². The summed E-state index contributed by atoms with van der Waals surface area (Å²) in [5.74, 6) is 1.43. The molecule has 4 rings (SSSR count). The zero-order valence-corrected chi connectivity index (χ0v) is 18.4. The van der Waals surface area contributed by atoms with Crippen LogP contribution in [0.5, 0.6) is 5.75 Å². The van der Waals surface area contributed by atoms with Gasteiger partial charge in [0.15, 0.2) is 0 Å². The van der Waals surface area contributed by atoms with Crippen molar-refractivity contribution in [1.29, 1.82) is 0 Å². The van der Waals surface area contributed by atoms with Crippen LogP contribution >= 0.6 is 11.6 Å². The summed E-state index contributed by atoms with van der Waals surface area (Å²) in [6, 6.07) is 11.7. The molecule has 1 amide bonds. The lowest BCUT2D eigenvalue weighted by molar-refractivity contribution is -0.130. The molecule has 0 unspecified atom stereocenters. The Kier molecular flexibility index (Phi) is 6.90. The third-order valence-corrected chi connectivity index (χ3v) is 6.48. The second-order valence-corrected chi connectivity index (χ2v) is 8.99. The Labute approximate surface area is 184 Å². The number of likely N-dealkylation sites (tertiary alicyclic amines) is 1. The van der Waals surface area contributed by atoms with Gasteiger partial charge in [-0.3, -0.25) is 14.7 Å². The highest BCUT2D eigenvalue weighted by molar-refractivity contribution is 6.31. The third kappa shape index (κ3) is 5.52. The van der Waals surface area contributed by atoms with E-state index >= 15 is 0 Å². The van der Waals surface area contributed by atoms with Gasteiger partial charge in [-0.15, -0.1) is 0 Å². The number of halogens is 1. The lowest BCUT2D eigenvalue weighted by atomic mass is 9.82. The molecular weight excluding hydrogens is 398 g/mol. The van der Waals surface area contributed by atoms with Crippen molar-refractivity contribution in [3.8, 4) is 5.75 Å². The standard InChI is InChI=1S/C24H30ClN3O2/c1-27(24(29)14-20-6-2-3-9-26-20)16-18-12-22(13-18)30-21-8-7-19(23(25)15-21)17-28-10-4-5-11-28/h2-3,6-9,15,18,22H,4-5,10-14,16-17H2,1H3. The van der Waals surface area contributed by atoms with E-state index in [9.17, 15) is 4.79 Å². The van der Waals surface area contributed by atoms with Crippen molar-refractivity contribution in [3.63, 3.8) is 0 Å². The fraction of sp³-hybridized carbons (Fsp3) is 0.500. The zero-order valence-electron chi connectivity index (χ0n) is 17.6. The summed E-state index contributed by atoms with van der Waals surface area (Å²) in [6.45, 7) is 4.01. The van der Waals surface area contributed by atoms with Gasteiger partial charge in [-0.1, -0.05) is 23.7 Å². The summed E-state index contributed by atoms with van der Waals surface area (Å²) in [5, 5.41) is 0.787. The quantitative estimate of drug-likeness (QED) is 0.633. The lowest BCUT2D eigenvalue weighted by Gasteiger charge is -2.37. The maximum Gasteiger partial charge on any atom is 0.228 e. The fourth-order valence-corrected chi connectivity index (χ4v) is 4.54. The Morgan fingerprint density at radius 1 is 1.23 bits per heavy atom. The van der Waals surface area contributed by atoms with Gasteiger partial charge in [0.25, 0.3) is 0 Å². The highest BCUT2D eigenvalue weighted by atomic mass is 35.5. The largest absolute Gasteiger partial charge is 0.490 e. The molecule has 1 aromatic heterocycles. The van der Waals surface area contributed by atoms with Crippen LogP contribution in [0.4, 0.5) is 0 Å². The first-order valence-corrected chi connectivity index (χ1v) is 11.3. The van der Waals surface area contributed by atoms with Gasteiger partial charge >= 0.3 is 0 Å². The number of rotatable bonds is 8. The monoisotopic (exact) mass is 427 g/mol. The van der Waals surface area contributed by atoms with Crippen LogP contribution in [0.15, 0.2) is 42.6 Å². The van der Waals surface area contributed by atoms with Gasteiger partial charge in [-0.2, -0.15) is 0 Å². The van der Waals surface area contributed by atoms with Crippen molar-refractivity contribution >= 4 is 17.5 Å². The van der Waals surface area contributed by atoms with Gasteiger partial charge in [-0.05, 0) is 74.5 Å². The first-order chi connectivity index (χ1) is 14.6. The molecule has 2 heterocycles. The van der Waals surface area contributed by atoms with E-state index < -0.39 is 0 Å². The number of benzene rings is 1. The molecule has 1 saturated heterocycles. The summed E-state index contributed by atoms with van der Waals surface area (Å²) < 4.78 is 6.11. The Morgan fingerprint density at radius 2 is 2.03 bits per heavy atom. The van der Waals surface area contributed by atoms with Crippen LogP contribution in [0.25, 0.3) is 0 Å². The average Bonchev–Trinajstić information content (AvgIpc) is 3.22. The smallest absolute Gasteiger partial charge is 0.228 e. The molecule has 6 heteroatoms. The number of likely N-dealkylation sites (N-methyl/N-ethyl adjacent to an activating group) is 1. The molecule has 0 spiro atoms. The molecule has 0 radical (unpaired) electrons. The van der Waals surface area contributed by atoms with Gasteiger partial charge in [0, 0.05) is 37.1 Å². The number of carbonyl (C=O) groups excluding carboxylic acids is 1. The predicted molar refractivity (Wildman–Crippen MR) is 119 cm³/mol. The molecule has 1 aromatic carbocycles. The molecule has 1 aliphatic heterocycles. The average molecular weight is 428 g/mol. The van der Waals surface area contributed by atoms with E-state index in [1.165, 1.54) is 18.4 Å². The van der Waals surface area contributed by atoms with Gasteiger partial charge < -0.3 is 9.64 Å². The van der Waals surface area contributed by atoms with E-state index in [0.29, 0.717) is 12.3 Å². The minimum Gasteiger partial charge on any atom is -0.490 e. The van der Waals surface area contributed by atoms with E-state index in [-0.39, 0.29) is 12.0 Å². The van der Waals surface area contributed by atoms with Crippen LogP contribution in [-0.4, -0.2) is 53.5 Å². The molecule has 5 nitrogen and oxygen atoms in total. The highest BCUT2D eigenvalue weighted by Crippen LogP contribution is 2.33. The first-order valence-electron chi connectivity index (χ1n) is 10.9. The van der Waals surface area contributed by atoms with Crippen LogP contribution in [-0.2, 0) is 17.8 Å². The van der Waals surface area contributed by atoms with Crippen LogP contribution in [0, 0.1) is 5.92 Å². The van der Waals surface area contributed by atoms with Gasteiger partial charge in [0.1, 0.15) is 5.75 Å². The van der Waals surface area contributed by atoms with Crippen LogP contribution in [0.1, 0.15) is 36.9 Å². The summed E-state index contributed by atoms with van der Waals surface area (Å²) in [6.07, 6.45) is 6.78. The SMILES string of the molecule is CN(CC1CC(Oc2ccc(CN3CCCC3)c(Cl)c2)C1)C(=O)Cc1ccccn1. The third-order valence-electron chi connectivity index (χ3n) is 6.13. The molecule has 2 aliphatic rings. The number of ether oxygens (including phenoxy) is 1. The molecule has 0 N–H and O–H groups in total. The predicted octanol–water partition coefficient (Wildman–Crippen LogP) is 4.19. The van der Waals surface area contributed by atoms with Crippen molar-refractivity contribution in [1.82, 2.24) is 14.8 Å². The maximum absolute atomic E-state index is 12.4. The molecule has 0 bridgehead atoms. The lowest BCUT2D eigenvalue weighted by Crippen LogP contribution is -2.42. The molecule has 1 saturated carbocycles. The molecule has 2 aromatic rings. The number of hydrogen-bond donors (Lipinski definition) is 0. The van der Waals surface area contributed by atoms with Crippen molar-refractivity contribution in [2.75, 3.05) is 26.7 Å². The van der Waals surface area contributed by atoms with Crippen LogP contribution in [0.3, 0.4) is 0 Å². The van der Waals surface area contributed by atoms with E-state index in [0.717, 1.165) is 55.5 Å². The van der Waals surface area contributed by atoms with Gasteiger partial charge in [-0.25, -0.2) is 0 Å². The second-order valence-electron chi connectivity index (χ2n) is 8.59. The van der Waals surface area contributed by atoms with E-state index in [1.54, 1.807) is 6.20 Å². The van der Waals surface area contributed by atoms with Crippen LogP contribution in [0.2, 0.25) is 5.02 Å².